The third-order valence-corrected chi connectivity index (χ3v) is 3.99. The number of nitrogens with zero attached hydrogens (tertiary/aromatic N) is 2. The number of fused-ring (bicyclic) bond motifs is 1. The van der Waals surface area contributed by atoms with E-state index in [9.17, 15) is 5.26 Å². The van der Waals surface area contributed by atoms with E-state index >= 15 is 0 Å². The molecule has 0 aliphatic rings. The zero-order valence-electron chi connectivity index (χ0n) is 12.7. The molecule has 1 N–H and O–H groups in total. The summed E-state index contributed by atoms with van der Waals surface area (Å²) < 4.78 is 0. The zero-order valence-corrected chi connectivity index (χ0v) is 12.7. The van der Waals surface area contributed by atoms with Crippen LogP contribution in [-0.2, 0) is 0 Å². The zero-order chi connectivity index (χ0) is 15.5. The van der Waals surface area contributed by atoms with Crippen molar-refractivity contribution in [3.63, 3.8) is 0 Å². The van der Waals surface area contributed by atoms with Gasteiger partial charge in [-0.05, 0) is 53.8 Å². The smallest absolute Gasteiger partial charge is 0.0994 e. The SMILES string of the molecule is CC/C(=C\c1ccc2[nH]ncc2c1)c1cccc(C#N)c1C. The molecule has 0 aliphatic carbocycles. The number of nitrogens with one attached hydrogen (secondary N) is 1. The van der Waals surface area contributed by atoms with E-state index in [1.807, 2.05) is 31.3 Å². The summed E-state index contributed by atoms with van der Waals surface area (Å²) in [4.78, 5) is 0. The molecule has 1 aromatic heterocycles. The number of H-pyrrole nitrogens is 1. The molecule has 0 radical (unpaired) electrons. The van der Waals surface area contributed by atoms with Crippen LogP contribution in [0.3, 0.4) is 0 Å². The van der Waals surface area contributed by atoms with E-state index in [-0.39, 0.29) is 0 Å². The standard InChI is InChI=1S/C19H17N3/c1-3-15(18-6-4-5-16(11-20)13(18)2)9-14-7-8-19-17(10-14)12-21-22-19/h4-10,12H,3H2,1-2H3,(H,21,22)/b15-9+. The van der Waals surface area contributed by atoms with E-state index in [0.29, 0.717) is 0 Å². The van der Waals surface area contributed by atoms with Gasteiger partial charge in [-0.2, -0.15) is 10.4 Å². The van der Waals surface area contributed by atoms with Crippen LogP contribution in [0.4, 0.5) is 0 Å². The topological polar surface area (TPSA) is 52.5 Å². The summed E-state index contributed by atoms with van der Waals surface area (Å²) in [6.07, 6.45) is 4.94. The molecular formula is C19H17N3. The average Bonchev–Trinajstić information content (AvgIpc) is 3.01. The largest absolute Gasteiger partial charge is 0.278 e. The summed E-state index contributed by atoms with van der Waals surface area (Å²) in [7, 11) is 0. The van der Waals surface area contributed by atoms with Gasteiger partial charge in [-0.1, -0.05) is 31.2 Å². The summed E-state index contributed by atoms with van der Waals surface area (Å²) in [6, 6.07) is 14.4. The fourth-order valence-electron chi connectivity index (χ4n) is 2.73. The Labute approximate surface area is 129 Å². The van der Waals surface area contributed by atoms with E-state index in [1.54, 1.807) is 0 Å². The van der Waals surface area contributed by atoms with E-state index in [2.05, 4.69) is 47.5 Å². The molecule has 3 rings (SSSR count). The molecule has 0 bridgehead atoms. The first-order valence-corrected chi connectivity index (χ1v) is 7.36. The van der Waals surface area contributed by atoms with Crippen LogP contribution >= 0.6 is 0 Å². The summed E-state index contributed by atoms with van der Waals surface area (Å²) in [5.74, 6) is 0. The lowest BCUT2D eigenvalue weighted by Crippen LogP contribution is -1.92. The second-order valence-electron chi connectivity index (χ2n) is 5.33. The molecular weight excluding hydrogens is 270 g/mol. The van der Waals surface area contributed by atoms with Crippen LogP contribution in [0, 0.1) is 18.3 Å². The maximum Gasteiger partial charge on any atom is 0.0994 e. The van der Waals surface area contributed by atoms with Gasteiger partial charge in [-0.15, -0.1) is 0 Å². The molecule has 0 unspecified atom stereocenters. The van der Waals surface area contributed by atoms with Gasteiger partial charge in [0.2, 0.25) is 0 Å². The molecule has 0 amide bonds. The molecule has 108 valence electrons. The number of hydrogen-bond acceptors (Lipinski definition) is 2. The van der Waals surface area contributed by atoms with Gasteiger partial charge in [0.25, 0.3) is 0 Å². The number of nitriles is 1. The number of allylic oxidation sites excluding steroid dienone is 1. The van der Waals surface area contributed by atoms with Gasteiger partial charge in [0.05, 0.1) is 23.3 Å². The van der Waals surface area contributed by atoms with Crippen LogP contribution in [0.5, 0.6) is 0 Å². The molecule has 0 saturated heterocycles. The summed E-state index contributed by atoms with van der Waals surface area (Å²) in [5, 5.41) is 17.3. The Kier molecular flexibility index (Phi) is 3.76. The quantitative estimate of drug-likeness (QED) is 0.710. The number of aromatic amines is 1. The van der Waals surface area contributed by atoms with Crippen molar-refractivity contribution < 1.29 is 0 Å². The van der Waals surface area contributed by atoms with E-state index in [0.717, 1.165) is 39.6 Å². The second-order valence-corrected chi connectivity index (χ2v) is 5.33. The maximum atomic E-state index is 9.20. The van der Waals surface area contributed by atoms with Gasteiger partial charge in [0.1, 0.15) is 0 Å². The molecule has 3 nitrogen and oxygen atoms in total. The second kappa shape index (κ2) is 5.87. The Hall–Kier alpha value is -2.86. The molecule has 0 fully saturated rings. The minimum absolute atomic E-state index is 0.738. The number of benzene rings is 2. The minimum Gasteiger partial charge on any atom is -0.278 e. The average molecular weight is 287 g/mol. The molecule has 3 aromatic rings. The Morgan fingerprint density at radius 2 is 2.18 bits per heavy atom. The van der Waals surface area contributed by atoms with Crippen LogP contribution in [-0.4, -0.2) is 10.2 Å². The molecule has 0 atom stereocenters. The maximum absolute atomic E-state index is 9.20. The van der Waals surface area contributed by atoms with Crippen molar-refractivity contribution in [2.45, 2.75) is 20.3 Å². The van der Waals surface area contributed by atoms with Crippen molar-refractivity contribution >= 4 is 22.6 Å². The van der Waals surface area contributed by atoms with E-state index in [4.69, 9.17) is 0 Å². The molecule has 0 saturated carbocycles. The summed E-state index contributed by atoms with van der Waals surface area (Å²) in [6.45, 7) is 4.15. The Morgan fingerprint density at radius 1 is 1.32 bits per heavy atom. The first-order chi connectivity index (χ1) is 10.7. The molecule has 3 heteroatoms. The van der Waals surface area contributed by atoms with Crippen molar-refractivity contribution in [3.05, 3.63) is 64.8 Å². The molecule has 0 spiro atoms. The highest BCUT2D eigenvalue weighted by Gasteiger charge is 2.07. The first-order valence-electron chi connectivity index (χ1n) is 7.36. The summed E-state index contributed by atoms with van der Waals surface area (Å²) in [5.41, 5.74) is 6.35. The van der Waals surface area contributed by atoms with Gasteiger partial charge < -0.3 is 0 Å². The lowest BCUT2D eigenvalue weighted by Gasteiger charge is -2.10. The highest BCUT2D eigenvalue weighted by Crippen LogP contribution is 2.27. The van der Waals surface area contributed by atoms with Crippen LogP contribution in [0.1, 0.15) is 35.6 Å². The lowest BCUT2D eigenvalue weighted by atomic mass is 9.94. The highest BCUT2D eigenvalue weighted by atomic mass is 15.1. The van der Waals surface area contributed by atoms with Crippen molar-refractivity contribution in [2.75, 3.05) is 0 Å². The Morgan fingerprint density at radius 3 is 2.95 bits per heavy atom. The number of aromatic nitrogens is 2. The van der Waals surface area contributed by atoms with E-state index in [1.165, 1.54) is 5.57 Å². The highest BCUT2D eigenvalue weighted by molar-refractivity contribution is 5.87. The van der Waals surface area contributed by atoms with Crippen molar-refractivity contribution in [1.29, 1.82) is 5.26 Å². The van der Waals surface area contributed by atoms with Gasteiger partial charge >= 0.3 is 0 Å². The van der Waals surface area contributed by atoms with Gasteiger partial charge in [-0.25, -0.2) is 0 Å². The third-order valence-electron chi connectivity index (χ3n) is 3.99. The summed E-state index contributed by atoms with van der Waals surface area (Å²) >= 11 is 0. The fourth-order valence-corrected chi connectivity index (χ4v) is 2.73. The number of hydrogen-bond donors (Lipinski definition) is 1. The van der Waals surface area contributed by atoms with Gasteiger partial charge in [-0.3, -0.25) is 5.10 Å². The van der Waals surface area contributed by atoms with Crippen LogP contribution in [0.25, 0.3) is 22.6 Å². The van der Waals surface area contributed by atoms with Gasteiger partial charge in [0.15, 0.2) is 0 Å². The fraction of sp³-hybridized carbons (Fsp3) is 0.158. The minimum atomic E-state index is 0.738. The molecule has 22 heavy (non-hydrogen) atoms. The molecule has 2 aromatic carbocycles. The van der Waals surface area contributed by atoms with Crippen molar-refractivity contribution in [2.24, 2.45) is 0 Å². The first kappa shape index (κ1) is 14.1. The van der Waals surface area contributed by atoms with Crippen molar-refractivity contribution in [3.8, 4) is 6.07 Å². The third kappa shape index (κ3) is 2.51. The van der Waals surface area contributed by atoms with Crippen LogP contribution < -0.4 is 0 Å². The Balaban J connectivity index is 2.08. The predicted molar refractivity (Wildman–Crippen MR) is 90.1 cm³/mol. The lowest BCUT2D eigenvalue weighted by molar-refractivity contribution is 1.12. The monoisotopic (exact) mass is 287 g/mol. The van der Waals surface area contributed by atoms with Crippen LogP contribution in [0.15, 0.2) is 42.6 Å². The molecule has 1 heterocycles. The predicted octanol–water partition coefficient (Wildman–Crippen LogP) is 4.69. The molecule has 0 aliphatic heterocycles. The van der Waals surface area contributed by atoms with Crippen molar-refractivity contribution in [1.82, 2.24) is 10.2 Å². The van der Waals surface area contributed by atoms with Crippen LogP contribution in [0.2, 0.25) is 0 Å². The van der Waals surface area contributed by atoms with E-state index < -0.39 is 0 Å². The Bertz CT molecular complexity index is 894. The van der Waals surface area contributed by atoms with Gasteiger partial charge in [0, 0.05) is 5.39 Å². The normalized spacial score (nSPS) is 11.6. The number of rotatable bonds is 3.